The standard InChI is InChI=1S/C21H17F3N2O3/c1-12(20(25)28)9-14-10-17(16-3-2-8-26-19(16)18(14)11-27)13-4-6-15(7-5-13)29-21(22,23)24/h2-8,10,27H,1,9,11H2,(H2,25,28). The van der Waals surface area contributed by atoms with Crippen molar-refractivity contribution in [2.45, 2.75) is 19.4 Å². The minimum absolute atomic E-state index is 0.111. The van der Waals surface area contributed by atoms with Gasteiger partial charge < -0.3 is 15.6 Å². The van der Waals surface area contributed by atoms with Gasteiger partial charge in [0.15, 0.2) is 0 Å². The highest BCUT2D eigenvalue weighted by molar-refractivity contribution is 5.98. The largest absolute Gasteiger partial charge is 0.573 e. The number of carbonyl (C=O) groups excluding carboxylic acids is 1. The third-order valence-electron chi connectivity index (χ3n) is 4.40. The molecule has 3 N–H and O–H groups in total. The number of nitrogens with zero attached hydrogens (tertiary/aromatic N) is 1. The van der Waals surface area contributed by atoms with Gasteiger partial charge in [-0.3, -0.25) is 9.78 Å². The van der Waals surface area contributed by atoms with Crippen LogP contribution in [0.2, 0.25) is 0 Å². The summed E-state index contributed by atoms with van der Waals surface area (Å²) in [5, 5.41) is 10.6. The van der Waals surface area contributed by atoms with Crippen molar-refractivity contribution in [3.63, 3.8) is 0 Å². The quantitative estimate of drug-likeness (QED) is 0.613. The van der Waals surface area contributed by atoms with Crippen molar-refractivity contribution in [1.82, 2.24) is 4.98 Å². The van der Waals surface area contributed by atoms with Crippen LogP contribution in [-0.4, -0.2) is 22.4 Å². The molecular formula is C21H17F3N2O3. The van der Waals surface area contributed by atoms with Gasteiger partial charge in [-0.25, -0.2) is 0 Å². The van der Waals surface area contributed by atoms with Crippen molar-refractivity contribution in [2.24, 2.45) is 5.73 Å². The zero-order valence-electron chi connectivity index (χ0n) is 15.2. The summed E-state index contributed by atoms with van der Waals surface area (Å²) in [6.45, 7) is 3.34. The van der Waals surface area contributed by atoms with Crippen LogP contribution in [0.1, 0.15) is 11.1 Å². The number of aromatic nitrogens is 1. The number of halogens is 3. The summed E-state index contributed by atoms with van der Waals surface area (Å²) in [5.74, 6) is -0.997. The first-order valence-corrected chi connectivity index (χ1v) is 8.53. The third kappa shape index (κ3) is 4.55. The van der Waals surface area contributed by atoms with Crippen LogP contribution in [0, 0.1) is 0 Å². The molecule has 8 heteroatoms. The Morgan fingerprint density at radius 1 is 1.21 bits per heavy atom. The maximum atomic E-state index is 12.4. The molecule has 3 rings (SSSR count). The molecule has 150 valence electrons. The molecule has 5 nitrogen and oxygen atoms in total. The van der Waals surface area contributed by atoms with E-state index in [4.69, 9.17) is 5.73 Å². The number of pyridine rings is 1. The lowest BCUT2D eigenvalue weighted by atomic mass is 9.91. The highest BCUT2D eigenvalue weighted by Gasteiger charge is 2.31. The predicted octanol–water partition coefficient (Wildman–Crippen LogP) is 3.88. The summed E-state index contributed by atoms with van der Waals surface area (Å²) < 4.78 is 41.1. The second kappa shape index (κ2) is 7.92. The van der Waals surface area contributed by atoms with Crippen molar-refractivity contribution in [3.8, 4) is 16.9 Å². The Morgan fingerprint density at radius 2 is 1.90 bits per heavy atom. The molecular weight excluding hydrogens is 385 g/mol. The highest BCUT2D eigenvalue weighted by atomic mass is 19.4. The second-order valence-corrected chi connectivity index (χ2v) is 6.34. The fourth-order valence-electron chi connectivity index (χ4n) is 3.08. The molecule has 0 saturated heterocycles. The number of aliphatic hydroxyl groups is 1. The summed E-state index contributed by atoms with van der Waals surface area (Å²) in [6, 6.07) is 10.7. The van der Waals surface area contributed by atoms with E-state index in [2.05, 4.69) is 16.3 Å². The van der Waals surface area contributed by atoms with Gasteiger partial charge >= 0.3 is 6.36 Å². The smallest absolute Gasteiger partial charge is 0.406 e. The maximum absolute atomic E-state index is 12.4. The summed E-state index contributed by atoms with van der Waals surface area (Å²) in [4.78, 5) is 15.7. The van der Waals surface area contributed by atoms with Gasteiger partial charge in [0.25, 0.3) is 0 Å². The fraction of sp³-hybridized carbons (Fsp3) is 0.143. The summed E-state index contributed by atoms with van der Waals surface area (Å²) >= 11 is 0. The number of fused-ring (bicyclic) bond motifs is 1. The average molecular weight is 402 g/mol. The number of benzene rings is 2. The summed E-state index contributed by atoms with van der Waals surface area (Å²) in [6.07, 6.45) is -3.10. The SMILES string of the molecule is C=C(Cc1cc(-c2ccc(OC(F)(F)F)cc2)c2cccnc2c1CO)C(N)=O. The fourth-order valence-corrected chi connectivity index (χ4v) is 3.08. The van der Waals surface area contributed by atoms with Crippen molar-refractivity contribution >= 4 is 16.8 Å². The maximum Gasteiger partial charge on any atom is 0.573 e. The predicted molar refractivity (Wildman–Crippen MR) is 102 cm³/mol. The Bertz CT molecular complexity index is 1080. The first-order chi connectivity index (χ1) is 13.7. The Hall–Kier alpha value is -3.39. The monoisotopic (exact) mass is 402 g/mol. The van der Waals surface area contributed by atoms with E-state index < -0.39 is 12.3 Å². The van der Waals surface area contributed by atoms with E-state index >= 15 is 0 Å². The summed E-state index contributed by atoms with van der Waals surface area (Å²) in [5.41, 5.74) is 8.40. The molecule has 1 heterocycles. The van der Waals surface area contributed by atoms with Crippen LogP contribution in [0.15, 0.2) is 60.8 Å². The number of amides is 1. The Labute approximate surface area is 164 Å². The van der Waals surface area contributed by atoms with Crippen LogP contribution >= 0.6 is 0 Å². The first-order valence-electron chi connectivity index (χ1n) is 8.53. The van der Waals surface area contributed by atoms with E-state index in [9.17, 15) is 23.1 Å². The van der Waals surface area contributed by atoms with Gasteiger partial charge in [0.2, 0.25) is 5.91 Å². The molecule has 0 fully saturated rings. The van der Waals surface area contributed by atoms with Crippen LogP contribution in [0.25, 0.3) is 22.0 Å². The lowest BCUT2D eigenvalue weighted by Gasteiger charge is -2.16. The van der Waals surface area contributed by atoms with Gasteiger partial charge in [-0.2, -0.15) is 0 Å². The van der Waals surface area contributed by atoms with Crippen molar-refractivity contribution in [2.75, 3.05) is 0 Å². The highest BCUT2D eigenvalue weighted by Crippen LogP contribution is 2.34. The van der Waals surface area contributed by atoms with Crippen LogP contribution < -0.4 is 10.5 Å². The number of alkyl halides is 3. The van der Waals surface area contributed by atoms with Crippen LogP contribution in [0.4, 0.5) is 13.2 Å². The Kier molecular flexibility index (Phi) is 5.56. The topological polar surface area (TPSA) is 85.4 Å². The van der Waals surface area contributed by atoms with Gasteiger partial charge in [-0.15, -0.1) is 13.2 Å². The van der Waals surface area contributed by atoms with E-state index in [0.717, 1.165) is 0 Å². The molecule has 0 saturated carbocycles. The lowest BCUT2D eigenvalue weighted by molar-refractivity contribution is -0.274. The normalized spacial score (nSPS) is 11.4. The number of carbonyl (C=O) groups is 1. The molecule has 29 heavy (non-hydrogen) atoms. The van der Waals surface area contributed by atoms with Gasteiger partial charge in [0.1, 0.15) is 5.75 Å². The lowest BCUT2D eigenvalue weighted by Crippen LogP contribution is -2.16. The number of aliphatic hydroxyl groups excluding tert-OH is 1. The number of hydrogen-bond donors (Lipinski definition) is 2. The van der Waals surface area contributed by atoms with Gasteiger partial charge in [-0.1, -0.05) is 24.8 Å². The van der Waals surface area contributed by atoms with E-state index in [-0.39, 0.29) is 24.4 Å². The molecule has 0 radical (unpaired) electrons. The molecule has 0 spiro atoms. The van der Waals surface area contributed by atoms with E-state index in [1.165, 1.54) is 24.3 Å². The zero-order chi connectivity index (χ0) is 21.2. The number of primary amides is 1. The molecule has 0 bridgehead atoms. The number of rotatable bonds is 6. The zero-order valence-corrected chi connectivity index (χ0v) is 15.2. The minimum Gasteiger partial charge on any atom is -0.406 e. The van der Waals surface area contributed by atoms with E-state index in [1.807, 2.05) is 0 Å². The van der Waals surface area contributed by atoms with Crippen LogP contribution in [0.3, 0.4) is 0 Å². The van der Waals surface area contributed by atoms with Gasteiger partial charge in [0.05, 0.1) is 12.1 Å². The molecule has 0 aliphatic carbocycles. The van der Waals surface area contributed by atoms with Crippen LogP contribution in [-0.2, 0) is 17.8 Å². The van der Waals surface area contributed by atoms with Gasteiger partial charge in [-0.05, 0) is 41.0 Å². The Balaban J connectivity index is 2.14. The summed E-state index contributed by atoms with van der Waals surface area (Å²) in [7, 11) is 0. The van der Waals surface area contributed by atoms with Crippen molar-refractivity contribution in [1.29, 1.82) is 0 Å². The third-order valence-corrected chi connectivity index (χ3v) is 4.40. The van der Waals surface area contributed by atoms with Crippen LogP contribution in [0.5, 0.6) is 5.75 Å². The van der Waals surface area contributed by atoms with Crippen molar-refractivity contribution in [3.05, 3.63) is 71.9 Å². The molecule has 0 aliphatic rings. The number of hydrogen-bond acceptors (Lipinski definition) is 4. The van der Waals surface area contributed by atoms with Crippen molar-refractivity contribution < 1.29 is 27.8 Å². The average Bonchev–Trinajstić information content (AvgIpc) is 2.66. The Morgan fingerprint density at radius 3 is 2.48 bits per heavy atom. The minimum atomic E-state index is -4.77. The molecule has 1 aromatic heterocycles. The first kappa shape index (κ1) is 20.3. The number of nitrogens with two attached hydrogens (primary N) is 1. The molecule has 0 aliphatic heterocycles. The molecule has 0 atom stereocenters. The molecule has 3 aromatic rings. The molecule has 0 unspecified atom stereocenters. The number of ether oxygens (including phenoxy) is 1. The molecule has 1 amide bonds. The second-order valence-electron chi connectivity index (χ2n) is 6.34. The molecule has 2 aromatic carbocycles. The van der Waals surface area contributed by atoms with E-state index in [0.29, 0.717) is 33.2 Å². The van der Waals surface area contributed by atoms with E-state index in [1.54, 1.807) is 24.4 Å². The van der Waals surface area contributed by atoms with Gasteiger partial charge in [0, 0.05) is 29.1 Å².